The van der Waals surface area contributed by atoms with Gasteiger partial charge in [0.1, 0.15) is 11.4 Å². The van der Waals surface area contributed by atoms with Gasteiger partial charge in [0.2, 0.25) is 0 Å². The molecule has 3 aromatic heterocycles. The van der Waals surface area contributed by atoms with Gasteiger partial charge in [0.15, 0.2) is 0 Å². The van der Waals surface area contributed by atoms with Crippen molar-refractivity contribution in [2.75, 3.05) is 12.4 Å². The van der Waals surface area contributed by atoms with Crippen molar-refractivity contribution >= 4 is 22.4 Å². The Morgan fingerprint density at radius 2 is 1.87 bits per heavy atom. The maximum absolute atomic E-state index is 5.43. The molecule has 0 saturated carbocycles. The van der Waals surface area contributed by atoms with E-state index in [1.807, 2.05) is 65.7 Å². The number of methoxy groups -OCH3 is 1. The molecule has 5 aromatic rings. The topological polar surface area (TPSA) is 67.8 Å². The van der Waals surface area contributed by atoms with Crippen LogP contribution in [0, 0.1) is 0 Å². The van der Waals surface area contributed by atoms with Crippen LogP contribution >= 0.6 is 0 Å². The number of nitrogens with zero attached hydrogens (tertiary/aromatic N) is 3. The third-order valence-electron chi connectivity index (χ3n) is 5.05. The van der Waals surface area contributed by atoms with Crippen molar-refractivity contribution in [1.29, 1.82) is 0 Å². The quantitative estimate of drug-likeness (QED) is 0.413. The van der Waals surface area contributed by atoms with Gasteiger partial charge in [0, 0.05) is 28.9 Å². The second-order valence-corrected chi connectivity index (χ2v) is 7.06. The third-order valence-corrected chi connectivity index (χ3v) is 5.05. The van der Waals surface area contributed by atoms with Crippen molar-refractivity contribution in [3.8, 4) is 16.9 Å². The van der Waals surface area contributed by atoms with Crippen LogP contribution in [-0.4, -0.2) is 26.9 Å². The van der Waals surface area contributed by atoms with Crippen molar-refractivity contribution in [1.82, 2.24) is 19.7 Å². The van der Waals surface area contributed by atoms with E-state index in [4.69, 9.17) is 4.74 Å². The summed E-state index contributed by atoms with van der Waals surface area (Å²) < 4.78 is 7.39. The van der Waals surface area contributed by atoms with Gasteiger partial charge in [-0.25, -0.2) is 4.98 Å². The molecule has 6 nitrogen and oxygen atoms in total. The Kier molecular flexibility index (Phi) is 4.65. The third kappa shape index (κ3) is 3.51. The first kappa shape index (κ1) is 18.0. The molecule has 148 valence electrons. The van der Waals surface area contributed by atoms with Crippen LogP contribution in [0.3, 0.4) is 0 Å². The van der Waals surface area contributed by atoms with Crippen molar-refractivity contribution in [2.24, 2.45) is 0 Å². The molecule has 0 unspecified atom stereocenters. The van der Waals surface area contributed by atoms with Gasteiger partial charge in [-0.15, -0.1) is 0 Å². The van der Waals surface area contributed by atoms with E-state index in [1.54, 1.807) is 7.11 Å². The van der Waals surface area contributed by atoms with Gasteiger partial charge in [-0.1, -0.05) is 42.5 Å². The molecule has 0 aliphatic carbocycles. The number of anilines is 2. The summed E-state index contributed by atoms with van der Waals surface area (Å²) in [5.74, 6) is 0.786. The molecule has 0 aliphatic heterocycles. The van der Waals surface area contributed by atoms with Gasteiger partial charge in [-0.05, 0) is 23.8 Å². The van der Waals surface area contributed by atoms with Crippen LogP contribution < -0.4 is 10.1 Å². The summed E-state index contributed by atoms with van der Waals surface area (Å²) in [7, 11) is 1.67. The van der Waals surface area contributed by atoms with Crippen molar-refractivity contribution in [2.45, 2.75) is 6.54 Å². The predicted molar refractivity (Wildman–Crippen MR) is 119 cm³/mol. The largest absolute Gasteiger partial charge is 0.495 e. The number of hydrogen-bond donors (Lipinski definition) is 2. The summed E-state index contributed by atoms with van der Waals surface area (Å²) in [4.78, 5) is 7.83. The van der Waals surface area contributed by atoms with E-state index in [1.165, 1.54) is 5.56 Å². The minimum Gasteiger partial charge on any atom is -0.495 e. The van der Waals surface area contributed by atoms with Crippen LogP contribution in [0.15, 0.2) is 85.5 Å². The van der Waals surface area contributed by atoms with E-state index in [2.05, 4.69) is 44.8 Å². The molecule has 0 bridgehead atoms. The Morgan fingerprint density at radius 1 is 1.03 bits per heavy atom. The number of para-hydroxylation sites is 2. The zero-order chi connectivity index (χ0) is 20.3. The van der Waals surface area contributed by atoms with Crippen molar-refractivity contribution in [3.05, 3.63) is 91.0 Å². The van der Waals surface area contributed by atoms with E-state index < -0.39 is 0 Å². The highest BCUT2D eigenvalue weighted by Crippen LogP contribution is 2.32. The highest BCUT2D eigenvalue weighted by Gasteiger charge is 2.11. The molecule has 5 rings (SSSR count). The number of aromatic amines is 1. The van der Waals surface area contributed by atoms with Crippen molar-refractivity contribution < 1.29 is 4.74 Å². The lowest BCUT2D eigenvalue weighted by molar-refractivity contribution is 0.417. The minimum absolute atomic E-state index is 0.738. The average Bonchev–Trinajstić information content (AvgIpc) is 3.41. The SMILES string of the molecule is COc1ccccc1Nc1cnc2[nH]cc(-c3cnn(Cc4ccccc4)c3)c2c1. The first-order valence-electron chi connectivity index (χ1n) is 9.74. The summed E-state index contributed by atoms with van der Waals surface area (Å²) in [5.41, 5.74) is 5.97. The van der Waals surface area contributed by atoms with Gasteiger partial charge >= 0.3 is 0 Å². The summed E-state index contributed by atoms with van der Waals surface area (Å²) >= 11 is 0. The summed E-state index contributed by atoms with van der Waals surface area (Å²) in [6.45, 7) is 0.738. The van der Waals surface area contributed by atoms with Gasteiger partial charge in [-0.2, -0.15) is 5.10 Å². The van der Waals surface area contributed by atoms with Crippen LogP contribution in [0.1, 0.15) is 5.56 Å². The molecule has 0 spiro atoms. The number of ether oxygens (including phenoxy) is 1. The lowest BCUT2D eigenvalue weighted by atomic mass is 10.1. The minimum atomic E-state index is 0.738. The molecule has 0 aliphatic rings. The number of rotatable bonds is 6. The Labute approximate surface area is 174 Å². The standard InChI is InChI=1S/C24H21N5O/c1-30-23-10-6-5-9-22(23)28-19-11-20-21(14-26-24(20)25-13-19)18-12-27-29(16-18)15-17-7-3-2-4-8-17/h2-14,16,28H,15H2,1H3,(H,25,26). The lowest BCUT2D eigenvalue weighted by Crippen LogP contribution is -1.99. The number of fused-ring (bicyclic) bond motifs is 1. The van der Waals surface area contributed by atoms with E-state index in [9.17, 15) is 0 Å². The maximum atomic E-state index is 5.43. The Morgan fingerprint density at radius 3 is 2.73 bits per heavy atom. The fraction of sp³-hybridized carbons (Fsp3) is 0.0833. The summed E-state index contributed by atoms with van der Waals surface area (Å²) in [6, 6.07) is 20.2. The Balaban J connectivity index is 1.45. The molecule has 0 radical (unpaired) electrons. The second kappa shape index (κ2) is 7.75. The molecule has 6 heteroatoms. The molecular formula is C24H21N5O. The van der Waals surface area contributed by atoms with Gasteiger partial charge in [0.05, 0.1) is 37.4 Å². The summed E-state index contributed by atoms with van der Waals surface area (Å²) in [5, 5.41) is 8.97. The maximum Gasteiger partial charge on any atom is 0.142 e. The van der Waals surface area contributed by atoms with Crippen LogP contribution in [-0.2, 0) is 6.54 Å². The fourth-order valence-corrected chi connectivity index (χ4v) is 3.57. The Bertz CT molecular complexity index is 1290. The Hall–Kier alpha value is -4.06. The van der Waals surface area contributed by atoms with E-state index in [0.717, 1.165) is 45.8 Å². The monoisotopic (exact) mass is 395 g/mol. The van der Waals surface area contributed by atoms with E-state index >= 15 is 0 Å². The average molecular weight is 395 g/mol. The normalized spacial score (nSPS) is 11.0. The number of nitrogens with one attached hydrogen (secondary N) is 2. The van der Waals surface area contributed by atoms with Crippen LogP contribution in [0.5, 0.6) is 5.75 Å². The highest BCUT2D eigenvalue weighted by molar-refractivity contribution is 5.95. The molecule has 0 atom stereocenters. The predicted octanol–water partition coefficient (Wildman–Crippen LogP) is 5.23. The van der Waals surface area contributed by atoms with Gasteiger partial charge < -0.3 is 15.0 Å². The first-order chi connectivity index (χ1) is 14.8. The van der Waals surface area contributed by atoms with E-state index in [0.29, 0.717) is 0 Å². The molecule has 0 fully saturated rings. The van der Waals surface area contributed by atoms with Crippen molar-refractivity contribution in [3.63, 3.8) is 0 Å². The fourth-order valence-electron chi connectivity index (χ4n) is 3.57. The highest BCUT2D eigenvalue weighted by atomic mass is 16.5. The molecule has 30 heavy (non-hydrogen) atoms. The van der Waals surface area contributed by atoms with Crippen LogP contribution in [0.25, 0.3) is 22.2 Å². The number of pyridine rings is 1. The number of benzene rings is 2. The van der Waals surface area contributed by atoms with Gasteiger partial charge in [0.25, 0.3) is 0 Å². The number of aromatic nitrogens is 4. The zero-order valence-electron chi connectivity index (χ0n) is 16.5. The lowest BCUT2D eigenvalue weighted by Gasteiger charge is -2.10. The van der Waals surface area contributed by atoms with E-state index in [-0.39, 0.29) is 0 Å². The smallest absolute Gasteiger partial charge is 0.142 e. The molecule has 2 N–H and O–H groups in total. The number of hydrogen-bond acceptors (Lipinski definition) is 4. The molecule has 0 saturated heterocycles. The molecular weight excluding hydrogens is 374 g/mol. The number of H-pyrrole nitrogens is 1. The second-order valence-electron chi connectivity index (χ2n) is 7.06. The van der Waals surface area contributed by atoms with Gasteiger partial charge in [-0.3, -0.25) is 4.68 Å². The zero-order valence-corrected chi connectivity index (χ0v) is 16.5. The molecule has 2 aromatic carbocycles. The van der Waals surface area contributed by atoms with Crippen LogP contribution in [0.4, 0.5) is 11.4 Å². The first-order valence-corrected chi connectivity index (χ1v) is 9.74. The molecule has 0 amide bonds. The summed E-state index contributed by atoms with van der Waals surface area (Å²) in [6.07, 6.45) is 7.75. The van der Waals surface area contributed by atoms with Crippen LogP contribution in [0.2, 0.25) is 0 Å². The molecule has 3 heterocycles.